The summed E-state index contributed by atoms with van der Waals surface area (Å²) < 4.78 is 0. The van der Waals surface area contributed by atoms with Gasteiger partial charge in [-0.3, -0.25) is 0 Å². The summed E-state index contributed by atoms with van der Waals surface area (Å²) >= 11 is 0. The quantitative estimate of drug-likeness (QED) is 0.236. The van der Waals surface area contributed by atoms with E-state index >= 15 is 0 Å². The summed E-state index contributed by atoms with van der Waals surface area (Å²) in [7, 11) is 0. The molecule has 0 aliphatic carbocycles. The second-order valence-corrected chi connectivity index (χ2v) is 9.88. The predicted octanol–water partition coefficient (Wildman–Crippen LogP) is 8.94. The highest BCUT2D eigenvalue weighted by Crippen LogP contribution is 2.45. The minimum absolute atomic E-state index is 0.247. The Labute approximate surface area is 223 Å². The van der Waals surface area contributed by atoms with Gasteiger partial charge in [-0.05, 0) is 75.8 Å². The molecule has 38 heavy (non-hydrogen) atoms. The molecule has 0 atom stereocenters. The van der Waals surface area contributed by atoms with Crippen molar-refractivity contribution in [3.63, 3.8) is 0 Å². The number of phenols is 2. The highest BCUT2D eigenvalue weighted by atomic mass is 16.3. The number of hydrogen-bond donors (Lipinski definition) is 2. The molecule has 0 aliphatic heterocycles. The van der Waals surface area contributed by atoms with Crippen molar-refractivity contribution in [2.45, 2.75) is 12.3 Å². The minimum Gasteiger partial charge on any atom is -0.507 e. The van der Waals surface area contributed by atoms with Gasteiger partial charge in [-0.1, -0.05) is 109 Å². The zero-order valence-electron chi connectivity index (χ0n) is 21.2. The molecule has 0 heterocycles. The lowest BCUT2D eigenvalue weighted by molar-refractivity contribution is 0.476. The van der Waals surface area contributed by atoms with Crippen molar-refractivity contribution >= 4 is 10.8 Å². The van der Waals surface area contributed by atoms with Crippen LogP contribution >= 0.6 is 0 Å². The van der Waals surface area contributed by atoms with E-state index in [2.05, 4.69) is 61.5 Å². The molecule has 0 unspecified atom stereocenters. The maximum absolute atomic E-state index is 10.8. The highest BCUT2D eigenvalue weighted by molar-refractivity contribution is 5.84. The van der Waals surface area contributed by atoms with E-state index in [4.69, 9.17) is 0 Å². The Kier molecular flexibility index (Phi) is 5.94. The Hall–Kier alpha value is -4.82. The molecule has 2 nitrogen and oxygen atoms in total. The molecular formula is C36H28O2. The van der Waals surface area contributed by atoms with Gasteiger partial charge in [0.25, 0.3) is 0 Å². The third-order valence-electron chi connectivity index (χ3n) is 7.64. The number of phenolic OH excluding ortho intramolecular Hbond substituents is 2. The standard InChI is InChI=1S/C36H28O2/c1-36(29-17-16-25-10-8-9-15-28(25)22-29,30-18-20-34(37)32(23-30)26-11-4-2-5-12-26)31-19-21-35(38)33(24-31)27-13-6-3-7-14-27/h2-24,37-38H,1H3. The Morgan fingerprint density at radius 1 is 0.421 bits per heavy atom. The molecule has 0 saturated heterocycles. The lowest BCUT2D eigenvalue weighted by Gasteiger charge is -2.33. The summed E-state index contributed by atoms with van der Waals surface area (Å²) in [5.74, 6) is 0.494. The highest BCUT2D eigenvalue weighted by Gasteiger charge is 2.33. The fraction of sp³-hybridized carbons (Fsp3) is 0.0556. The second kappa shape index (κ2) is 9.57. The maximum atomic E-state index is 10.8. The van der Waals surface area contributed by atoms with E-state index in [-0.39, 0.29) is 11.5 Å². The van der Waals surface area contributed by atoms with Crippen LogP contribution in [-0.4, -0.2) is 10.2 Å². The van der Waals surface area contributed by atoms with E-state index in [1.165, 1.54) is 10.8 Å². The average Bonchev–Trinajstić information content (AvgIpc) is 2.98. The molecule has 6 aromatic carbocycles. The van der Waals surface area contributed by atoms with Crippen LogP contribution in [0.15, 0.2) is 140 Å². The number of aromatic hydroxyl groups is 2. The van der Waals surface area contributed by atoms with E-state index in [0.29, 0.717) is 0 Å². The minimum atomic E-state index is -0.571. The molecule has 2 heteroatoms. The van der Waals surface area contributed by atoms with Gasteiger partial charge in [0.2, 0.25) is 0 Å². The van der Waals surface area contributed by atoms with Gasteiger partial charge in [-0.15, -0.1) is 0 Å². The molecule has 0 saturated carbocycles. The van der Waals surface area contributed by atoms with Crippen molar-refractivity contribution in [1.82, 2.24) is 0 Å². The van der Waals surface area contributed by atoms with E-state index in [1.807, 2.05) is 72.8 Å². The van der Waals surface area contributed by atoms with E-state index < -0.39 is 5.41 Å². The molecule has 0 bridgehead atoms. The van der Waals surface area contributed by atoms with Crippen molar-refractivity contribution < 1.29 is 10.2 Å². The summed E-state index contributed by atoms with van der Waals surface area (Å²) in [5.41, 5.74) is 6.16. The molecule has 184 valence electrons. The molecule has 6 aromatic rings. The normalized spacial score (nSPS) is 11.5. The molecule has 0 fully saturated rings. The molecular weight excluding hydrogens is 464 g/mol. The third-order valence-corrected chi connectivity index (χ3v) is 7.64. The molecule has 0 aromatic heterocycles. The number of rotatable bonds is 5. The van der Waals surface area contributed by atoms with E-state index in [9.17, 15) is 10.2 Å². The molecule has 6 rings (SSSR count). The predicted molar refractivity (Wildman–Crippen MR) is 157 cm³/mol. The summed E-state index contributed by atoms with van der Waals surface area (Å²) in [5, 5.41) is 24.0. The Balaban J connectivity index is 1.62. The first-order valence-corrected chi connectivity index (χ1v) is 12.8. The van der Waals surface area contributed by atoms with Crippen LogP contribution in [0.4, 0.5) is 0 Å². The smallest absolute Gasteiger partial charge is 0.123 e. The fourth-order valence-electron chi connectivity index (χ4n) is 5.39. The zero-order valence-corrected chi connectivity index (χ0v) is 21.2. The summed E-state index contributed by atoms with van der Waals surface area (Å²) in [6.45, 7) is 2.22. The van der Waals surface area contributed by atoms with Crippen LogP contribution in [-0.2, 0) is 5.41 Å². The van der Waals surface area contributed by atoms with Gasteiger partial charge in [0.05, 0.1) is 0 Å². The lowest BCUT2D eigenvalue weighted by Crippen LogP contribution is -2.25. The lowest BCUT2D eigenvalue weighted by atomic mass is 9.69. The number of hydrogen-bond acceptors (Lipinski definition) is 2. The summed E-state index contributed by atoms with van der Waals surface area (Å²) in [6.07, 6.45) is 0. The summed E-state index contributed by atoms with van der Waals surface area (Å²) in [6, 6.07) is 46.7. The number of benzene rings is 6. The average molecular weight is 493 g/mol. The van der Waals surface area contributed by atoms with Crippen LogP contribution in [0.1, 0.15) is 23.6 Å². The third kappa shape index (κ3) is 4.10. The van der Waals surface area contributed by atoms with Crippen LogP contribution in [0, 0.1) is 0 Å². The maximum Gasteiger partial charge on any atom is 0.123 e. The Morgan fingerprint density at radius 3 is 1.37 bits per heavy atom. The van der Waals surface area contributed by atoms with Crippen LogP contribution in [0.25, 0.3) is 33.0 Å². The van der Waals surface area contributed by atoms with Crippen molar-refractivity contribution in [3.8, 4) is 33.8 Å². The van der Waals surface area contributed by atoms with Gasteiger partial charge >= 0.3 is 0 Å². The first kappa shape index (κ1) is 23.6. The monoisotopic (exact) mass is 492 g/mol. The largest absolute Gasteiger partial charge is 0.507 e. The molecule has 2 N–H and O–H groups in total. The Morgan fingerprint density at radius 2 is 0.842 bits per heavy atom. The van der Waals surface area contributed by atoms with Crippen molar-refractivity contribution in [2.24, 2.45) is 0 Å². The van der Waals surface area contributed by atoms with Crippen LogP contribution in [0.5, 0.6) is 11.5 Å². The number of fused-ring (bicyclic) bond motifs is 1. The van der Waals surface area contributed by atoms with Crippen LogP contribution in [0.2, 0.25) is 0 Å². The molecule has 0 amide bonds. The molecule has 0 aliphatic rings. The topological polar surface area (TPSA) is 40.5 Å². The van der Waals surface area contributed by atoms with E-state index in [1.54, 1.807) is 12.1 Å². The second-order valence-electron chi connectivity index (χ2n) is 9.88. The van der Waals surface area contributed by atoms with E-state index in [0.717, 1.165) is 38.9 Å². The fourth-order valence-corrected chi connectivity index (χ4v) is 5.39. The zero-order chi connectivity index (χ0) is 26.1. The summed E-state index contributed by atoms with van der Waals surface area (Å²) in [4.78, 5) is 0. The SMILES string of the molecule is CC(c1ccc(O)c(-c2ccccc2)c1)(c1ccc(O)c(-c2ccccc2)c1)c1ccc2ccccc2c1. The molecule has 0 spiro atoms. The van der Waals surface area contributed by atoms with Gasteiger partial charge < -0.3 is 10.2 Å². The van der Waals surface area contributed by atoms with Gasteiger partial charge in [-0.25, -0.2) is 0 Å². The van der Waals surface area contributed by atoms with Gasteiger partial charge in [-0.2, -0.15) is 0 Å². The van der Waals surface area contributed by atoms with Crippen LogP contribution < -0.4 is 0 Å². The Bertz CT molecular complexity index is 1650. The first-order valence-electron chi connectivity index (χ1n) is 12.8. The van der Waals surface area contributed by atoms with Crippen molar-refractivity contribution in [2.75, 3.05) is 0 Å². The van der Waals surface area contributed by atoms with Gasteiger partial charge in [0.15, 0.2) is 0 Å². The van der Waals surface area contributed by atoms with Crippen molar-refractivity contribution in [3.05, 3.63) is 156 Å². The van der Waals surface area contributed by atoms with Crippen LogP contribution in [0.3, 0.4) is 0 Å². The van der Waals surface area contributed by atoms with Gasteiger partial charge in [0.1, 0.15) is 11.5 Å². The molecule has 0 radical (unpaired) electrons. The van der Waals surface area contributed by atoms with Crippen molar-refractivity contribution in [1.29, 1.82) is 0 Å². The van der Waals surface area contributed by atoms with Gasteiger partial charge in [0, 0.05) is 16.5 Å². The first-order chi connectivity index (χ1) is 18.5.